The molecule has 1 aromatic carbocycles. The summed E-state index contributed by atoms with van der Waals surface area (Å²) in [6, 6.07) is 10.2. The van der Waals surface area contributed by atoms with E-state index in [1.807, 2.05) is 23.1 Å². The molecule has 0 saturated carbocycles. The van der Waals surface area contributed by atoms with Crippen LogP contribution in [0.4, 0.5) is 0 Å². The van der Waals surface area contributed by atoms with Crippen LogP contribution in [-0.4, -0.2) is 44.6 Å². The number of hydrogen-bond acceptors (Lipinski definition) is 5. The Morgan fingerprint density at radius 1 is 1.23 bits per heavy atom. The zero-order chi connectivity index (χ0) is 18.3. The van der Waals surface area contributed by atoms with E-state index in [0.29, 0.717) is 6.54 Å². The lowest BCUT2D eigenvalue weighted by atomic mass is 10.0. The quantitative estimate of drug-likeness (QED) is 0.716. The Kier molecular flexibility index (Phi) is 4.77. The first-order valence-electron chi connectivity index (χ1n) is 8.59. The number of fused-ring (bicyclic) bond motifs is 3. The molecule has 0 unspecified atom stereocenters. The standard InChI is InChI=1S/C18H20N2O3S3/c1-26(22,23)19-11-12-6-4-5-9-20(12)18(21)16-10-15-17(25-16)13-7-2-3-8-14(13)24-15/h2-3,7-8,10,12,19H,4-6,9,11H2,1H3/t12-/m0/s1. The maximum atomic E-state index is 13.1. The highest BCUT2D eigenvalue weighted by Crippen LogP contribution is 2.39. The number of benzene rings is 1. The highest BCUT2D eigenvalue weighted by molar-refractivity contribution is 7.88. The van der Waals surface area contributed by atoms with Crippen LogP contribution < -0.4 is 4.72 Å². The third-order valence-corrected chi connectivity index (χ3v) is 7.82. The van der Waals surface area contributed by atoms with E-state index in [1.165, 1.54) is 10.1 Å². The molecule has 0 spiro atoms. The molecular formula is C18H20N2O3S3. The second-order valence-electron chi connectivity index (χ2n) is 6.67. The van der Waals surface area contributed by atoms with Crippen LogP contribution in [0.3, 0.4) is 0 Å². The first-order chi connectivity index (χ1) is 12.4. The molecule has 0 aliphatic carbocycles. The van der Waals surface area contributed by atoms with Crippen LogP contribution >= 0.6 is 22.7 Å². The second kappa shape index (κ2) is 6.92. The first-order valence-corrected chi connectivity index (χ1v) is 12.1. The molecule has 1 atom stereocenters. The predicted octanol–water partition coefficient (Wildman–Crippen LogP) is 3.66. The zero-order valence-corrected chi connectivity index (χ0v) is 16.8. The highest BCUT2D eigenvalue weighted by atomic mass is 32.2. The summed E-state index contributed by atoms with van der Waals surface area (Å²) >= 11 is 3.25. The van der Waals surface area contributed by atoms with Gasteiger partial charge in [-0.05, 0) is 31.4 Å². The average Bonchev–Trinajstić information content (AvgIpc) is 3.17. The van der Waals surface area contributed by atoms with Crippen LogP contribution in [0, 0.1) is 0 Å². The van der Waals surface area contributed by atoms with Gasteiger partial charge in [-0.3, -0.25) is 4.79 Å². The molecule has 0 bridgehead atoms. The van der Waals surface area contributed by atoms with Gasteiger partial charge in [0.25, 0.3) is 5.91 Å². The van der Waals surface area contributed by atoms with Gasteiger partial charge in [0.1, 0.15) is 0 Å². The summed E-state index contributed by atoms with van der Waals surface area (Å²) in [6.07, 6.45) is 3.96. The Labute approximate surface area is 160 Å². The van der Waals surface area contributed by atoms with Gasteiger partial charge in [-0.2, -0.15) is 0 Å². The van der Waals surface area contributed by atoms with Gasteiger partial charge in [0.05, 0.1) is 15.8 Å². The normalized spacial score (nSPS) is 18.7. The lowest BCUT2D eigenvalue weighted by Crippen LogP contribution is -2.49. The van der Waals surface area contributed by atoms with Gasteiger partial charge in [0.15, 0.2) is 0 Å². The number of carbonyl (C=O) groups excluding carboxylic acids is 1. The molecule has 3 heterocycles. The molecule has 1 saturated heterocycles. The molecule has 8 heteroatoms. The number of piperidine rings is 1. The van der Waals surface area contributed by atoms with Crippen molar-refractivity contribution in [3.05, 3.63) is 35.2 Å². The van der Waals surface area contributed by atoms with E-state index in [4.69, 9.17) is 0 Å². The van der Waals surface area contributed by atoms with Crippen molar-refractivity contribution in [2.75, 3.05) is 19.3 Å². The van der Waals surface area contributed by atoms with Crippen LogP contribution in [0.2, 0.25) is 0 Å². The summed E-state index contributed by atoms with van der Waals surface area (Å²) in [5, 5.41) is 1.20. The van der Waals surface area contributed by atoms with Crippen LogP contribution in [0.15, 0.2) is 30.3 Å². The fourth-order valence-electron chi connectivity index (χ4n) is 3.47. The molecule has 1 fully saturated rings. The summed E-state index contributed by atoms with van der Waals surface area (Å²) in [6.45, 7) is 0.967. The largest absolute Gasteiger partial charge is 0.334 e. The van der Waals surface area contributed by atoms with E-state index in [9.17, 15) is 13.2 Å². The number of nitrogens with zero attached hydrogens (tertiary/aromatic N) is 1. The Balaban J connectivity index is 1.61. The van der Waals surface area contributed by atoms with Gasteiger partial charge in [0, 0.05) is 33.9 Å². The van der Waals surface area contributed by atoms with Crippen molar-refractivity contribution in [1.29, 1.82) is 0 Å². The minimum atomic E-state index is -3.26. The summed E-state index contributed by atoms with van der Waals surface area (Å²) in [5.41, 5.74) is 0. The van der Waals surface area contributed by atoms with E-state index < -0.39 is 10.0 Å². The number of sulfonamides is 1. The van der Waals surface area contributed by atoms with Crippen LogP contribution in [-0.2, 0) is 10.0 Å². The summed E-state index contributed by atoms with van der Waals surface area (Å²) < 4.78 is 28.9. The predicted molar refractivity (Wildman–Crippen MR) is 109 cm³/mol. The topological polar surface area (TPSA) is 66.5 Å². The van der Waals surface area contributed by atoms with Crippen LogP contribution in [0.25, 0.3) is 19.5 Å². The SMILES string of the molecule is CS(=O)(=O)NC[C@@H]1CCCCN1C(=O)c1cc2sc3ccccc3c2s1. The Morgan fingerprint density at radius 2 is 2.04 bits per heavy atom. The zero-order valence-electron chi connectivity index (χ0n) is 14.4. The summed E-state index contributed by atoms with van der Waals surface area (Å²) in [4.78, 5) is 15.7. The monoisotopic (exact) mass is 408 g/mol. The van der Waals surface area contributed by atoms with Crippen molar-refractivity contribution in [2.24, 2.45) is 0 Å². The molecular weight excluding hydrogens is 388 g/mol. The van der Waals surface area contributed by atoms with E-state index in [-0.39, 0.29) is 18.5 Å². The molecule has 1 N–H and O–H groups in total. The van der Waals surface area contributed by atoms with Crippen molar-refractivity contribution in [3.8, 4) is 0 Å². The number of rotatable bonds is 4. The van der Waals surface area contributed by atoms with Crippen molar-refractivity contribution >= 4 is 58.1 Å². The minimum absolute atomic E-state index is 0.0162. The average molecular weight is 409 g/mol. The first kappa shape index (κ1) is 17.9. The summed E-state index contributed by atoms with van der Waals surface area (Å²) in [7, 11) is -3.26. The molecule has 138 valence electrons. The highest BCUT2D eigenvalue weighted by Gasteiger charge is 2.29. The van der Waals surface area contributed by atoms with Gasteiger partial charge >= 0.3 is 0 Å². The van der Waals surface area contributed by atoms with Crippen molar-refractivity contribution in [1.82, 2.24) is 9.62 Å². The van der Waals surface area contributed by atoms with Gasteiger partial charge < -0.3 is 4.90 Å². The molecule has 1 aliphatic rings. The number of hydrogen-bond donors (Lipinski definition) is 1. The molecule has 4 rings (SSSR count). The molecule has 1 amide bonds. The Hall–Kier alpha value is -1.48. The van der Waals surface area contributed by atoms with Gasteiger partial charge in [-0.1, -0.05) is 18.2 Å². The van der Waals surface area contributed by atoms with Crippen LogP contribution in [0.1, 0.15) is 28.9 Å². The molecule has 2 aromatic heterocycles. The van der Waals surface area contributed by atoms with E-state index in [1.54, 1.807) is 22.7 Å². The number of amides is 1. The number of likely N-dealkylation sites (tertiary alicyclic amines) is 1. The Bertz CT molecular complexity index is 1070. The van der Waals surface area contributed by atoms with Crippen molar-refractivity contribution in [3.63, 3.8) is 0 Å². The minimum Gasteiger partial charge on any atom is -0.334 e. The Morgan fingerprint density at radius 3 is 2.85 bits per heavy atom. The van der Waals surface area contributed by atoms with E-state index in [0.717, 1.165) is 39.8 Å². The second-order valence-corrected chi connectivity index (χ2v) is 10.6. The fourth-order valence-corrected chi connectivity index (χ4v) is 6.45. The number of carbonyl (C=O) groups is 1. The molecule has 3 aromatic rings. The molecule has 5 nitrogen and oxygen atoms in total. The lowest BCUT2D eigenvalue weighted by Gasteiger charge is -2.35. The van der Waals surface area contributed by atoms with Crippen molar-refractivity contribution < 1.29 is 13.2 Å². The maximum Gasteiger partial charge on any atom is 0.264 e. The number of nitrogens with one attached hydrogen (secondary N) is 1. The van der Waals surface area contributed by atoms with E-state index in [2.05, 4.69) is 16.9 Å². The molecule has 26 heavy (non-hydrogen) atoms. The van der Waals surface area contributed by atoms with Gasteiger partial charge in [-0.15, -0.1) is 22.7 Å². The third kappa shape index (κ3) is 3.51. The molecule has 0 radical (unpaired) electrons. The maximum absolute atomic E-state index is 13.1. The summed E-state index contributed by atoms with van der Waals surface area (Å²) in [5.74, 6) is 0.0162. The van der Waals surface area contributed by atoms with Gasteiger partial charge in [0.2, 0.25) is 10.0 Å². The molecule has 1 aliphatic heterocycles. The fraction of sp³-hybridized carbons (Fsp3) is 0.389. The lowest BCUT2D eigenvalue weighted by molar-refractivity contribution is 0.0624. The number of thiophene rings is 2. The smallest absolute Gasteiger partial charge is 0.264 e. The van der Waals surface area contributed by atoms with Crippen molar-refractivity contribution in [2.45, 2.75) is 25.3 Å². The van der Waals surface area contributed by atoms with Gasteiger partial charge in [-0.25, -0.2) is 13.1 Å². The third-order valence-electron chi connectivity index (χ3n) is 4.73. The van der Waals surface area contributed by atoms with Crippen LogP contribution in [0.5, 0.6) is 0 Å². The van der Waals surface area contributed by atoms with E-state index >= 15 is 0 Å².